The second-order valence-electron chi connectivity index (χ2n) is 4.01. The van der Waals surface area contributed by atoms with Gasteiger partial charge in [0.05, 0.1) is 19.5 Å². The molecule has 0 aromatic carbocycles. The molecule has 0 spiro atoms. The number of morpholine rings is 1. The Morgan fingerprint density at radius 2 is 2.42 bits per heavy atom. The van der Waals surface area contributed by atoms with E-state index in [0.717, 1.165) is 0 Å². The van der Waals surface area contributed by atoms with Crippen LogP contribution in [0.25, 0.3) is 11.2 Å². The summed E-state index contributed by atoms with van der Waals surface area (Å²) < 4.78 is 5.21. The van der Waals surface area contributed by atoms with Crippen molar-refractivity contribution in [2.45, 2.75) is 6.04 Å². The molecule has 0 radical (unpaired) electrons. The van der Waals surface area contributed by atoms with Crippen LogP contribution in [0.1, 0.15) is 0 Å². The van der Waals surface area contributed by atoms with Crippen molar-refractivity contribution in [3.63, 3.8) is 0 Å². The van der Waals surface area contributed by atoms with Gasteiger partial charge < -0.3 is 15.0 Å². The van der Waals surface area contributed by atoms with Gasteiger partial charge in [-0.3, -0.25) is 10.1 Å². The number of halogens is 1. The van der Waals surface area contributed by atoms with Crippen molar-refractivity contribution in [3.05, 3.63) is 11.5 Å². The number of fused-ring (bicyclic) bond motifs is 1. The Labute approximate surface area is 112 Å². The number of hydrogen-bond acceptors (Lipinski definition) is 6. The first-order chi connectivity index (χ1) is 9.24. The summed E-state index contributed by atoms with van der Waals surface area (Å²) in [6, 6.07) is -0.411. The first-order valence-electron chi connectivity index (χ1n) is 5.72. The summed E-state index contributed by atoms with van der Waals surface area (Å²) >= 11 is 5.96. The van der Waals surface area contributed by atoms with E-state index in [1.54, 1.807) is 0 Å². The van der Waals surface area contributed by atoms with Crippen molar-refractivity contribution < 1.29 is 9.53 Å². The Hall–Kier alpha value is -1.77. The highest BCUT2D eigenvalue weighted by Gasteiger charge is 2.22. The molecule has 9 heteroatoms. The van der Waals surface area contributed by atoms with Gasteiger partial charge in [-0.1, -0.05) is 11.6 Å². The molecule has 1 unspecified atom stereocenters. The Kier molecular flexibility index (Phi) is 3.28. The molecule has 0 aliphatic carbocycles. The summed E-state index contributed by atoms with van der Waals surface area (Å²) in [5, 5.41) is 5.84. The van der Waals surface area contributed by atoms with E-state index in [4.69, 9.17) is 16.3 Å². The zero-order chi connectivity index (χ0) is 13.2. The predicted octanol–water partition coefficient (Wildman–Crippen LogP) is -0.0668. The minimum atomic E-state index is -0.411. The third-order valence-electron chi connectivity index (χ3n) is 2.71. The van der Waals surface area contributed by atoms with E-state index in [2.05, 4.69) is 30.6 Å². The van der Waals surface area contributed by atoms with E-state index in [9.17, 15) is 4.79 Å². The van der Waals surface area contributed by atoms with Crippen LogP contribution in [0.3, 0.4) is 0 Å². The maximum Gasteiger partial charge on any atom is 0.246 e. The Morgan fingerprint density at radius 1 is 1.53 bits per heavy atom. The molecule has 19 heavy (non-hydrogen) atoms. The molecule has 8 nitrogen and oxygen atoms in total. The number of rotatable bonds is 2. The number of hydrogen-bond donors (Lipinski definition) is 3. The number of amides is 1. The molecule has 1 atom stereocenters. The molecule has 100 valence electrons. The van der Waals surface area contributed by atoms with Crippen molar-refractivity contribution >= 4 is 34.6 Å². The first-order valence-corrected chi connectivity index (χ1v) is 6.10. The fourth-order valence-electron chi connectivity index (χ4n) is 1.78. The minimum absolute atomic E-state index is 0.127. The maximum absolute atomic E-state index is 11.9. The predicted molar refractivity (Wildman–Crippen MR) is 67.9 cm³/mol. The van der Waals surface area contributed by atoms with E-state index in [1.807, 2.05) is 0 Å². The Bertz CT molecular complexity index is 609. The molecule has 2 aromatic rings. The molecular weight excluding hydrogens is 272 g/mol. The van der Waals surface area contributed by atoms with Crippen LogP contribution in [0.4, 0.5) is 5.95 Å². The van der Waals surface area contributed by atoms with Gasteiger partial charge >= 0.3 is 0 Å². The van der Waals surface area contributed by atoms with Gasteiger partial charge in [0, 0.05) is 6.54 Å². The summed E-state index contributed by atoms with van der Waals surface area (Å²) in [6.45, 7) is 1.56. The number of aromatic amines is 1. The van der Waals surface area contributed by atoms with E-state index in [-0.39, 0.29) is 17.0 Å². The molecule has 0 saturated carbocycles. The van der Waals surface area contributed by atoms with Crippen LogP contribution in [0.2, 0.25) is 5.15 Å². The van der Waals surface area contributed by atoms with Gasteiger partial charge in [-0.05, 0) is 0 Å². The number of nitrogens with zero attached hydrogens (tertiary/aromatic N) is 3. The lowest BCUT2D eigenvalue weighted by Crippen LogP contribution is -2.49. The van der Waals surface area contributed by atoms with Crippen molar-refractivity contribution in [1.82, 2.24) is 25.3 Å². The van der Waals surface area contributed by atoms with Gasteiger partial charge in [0.2, 0.25) is 11.9 Å². The zero-order valence-electron chi connectivity index (χ0n) is 9.81. The molecule has 0 bridgehead atoms. The van der Waals surface area contributed by atoms with Crippen molar-refractivity contribution in [1.29, 1.82) is 0 Å². The number of imidazole rings is 1. The summed E-state index contributed by atoms with van der Waals surface area (Å²) in [5.41, 5.74) is 0.946. The van der Waals surface area contributed by atoms with Crippen LogP contribution in [-0.2, 0) is 9.53 Å². The highest BCUT2D eigenvalue weighted by atomic mass is 35.5. The second kappa shape index (κ2) is 5.08. The van der Waals surface area contributed by atoms with Crippen LogP contribution >= 0.6 is 11.6 Å². The summed E-state index contributed by atoms with van der Waals surface area (Å²) in [7, 11) is 0. The normalized spacial score (nSPS) is 19.5. The summed E-state index contributed by atoms with van der Waals surface area (Å²) in [5.74, 6) is -0.132. The van der Waals surface area contributed by atoms with Gasteiger partial charge in [0.25, 0.3) is 0 Å². The molecule has 1 fully saturated rings. The molecule has 1 saturated heterocycles. The largest absolute Gasteiger partial charge is 0.378 e. The van der Waals surface area contributed by atoms with E-state index >= 15 is 0 Å². The number of aromatic nitrogens is 4. The second-order valence-corrected chi connectivity index (χ2v) is 4.37. The average Bonchev–Trinajstić information content (AvgIpc) is 2.88. The number of carbonyl (C=O) groups excluding carboxylic acids is 1. The Balaban J connectivity index is 1.78. The van der Waals surface area contributed by atoms with Crippen LogP contribution < -0.4 is 10.6 Å². The highest BCUT2D eigenvalue weighted by Crippen LogP contribution is 2.18. The number of nitrogens with one attached hydrogen (secondary N) is 3. The van der Waals surface area contributed by atoms with E-state index in [1.165, 1.54) is 6.33 Å². The molecule has 1 aliphatic rings. The standard InChI is InChI=1S/C10H11ClN6O2/c11-7-6-8(14-4-13-6)16-10(15-7)17-9(18)5-3-19-2-1-12-5/h4-5,12H,1-3H2,(H2,13,14,15,16,17,18). The maximum atomic E-state index is 11.9. The quantitative estimate of drug-likeness (QED) is 0.666. The number of H-pyrrole nitrogens is 1. The van der Waals surface area contributed by atoms with Gasteiger partial charge in [-0.15, -0.1) is 0 Å². The smallest absolute Gasteiger partial charge is 0.246 e. The molecule has 2 aromatic heterocycles. The van der Waals surface area contributed by atoms with E-state index < -0.39 is 6.04 Å². The van der Waals surface area contributed by atoms with Crippen LogP contribution in [-0.4, -0.2) is 51.6 Å². The van der Waals surface area contributed by atoms with Gasteiger partial charge in [-0.25, -0.2) is 4.98 Å². The first kappa shape index (κ1) is 12.3. The van der Waals surface area contributed by atoms with Crippen LogP contribution in [0.15, 0.2) is 6.33 Å². The lowest BCUT2D eigenvalue weighted by atomic mass is 10.2. The molecule has 1 aliphatic heterocycles. The number of anilines is 1. The fraction of sp³-hybridized carbons (Fsp3) is 0.400. The lowest BCUT2D eigenvalue weighted by molar-refractivity contribution is -0.120. The zero-order valence-corrected chi connectivity index (χ0v) is 10.6. The molecule has 3 rings (SSSR count). The van der Waals surface area contributed by atoms with Gasteiger partial charge in [0.1, 0.15) is 11.6 Å². The van der Waals surface area contributed by atoms with Gasteiger partial charge in [-0.2, -0.15) is 9.97 Å². The van der Waals surface area contributed by atoms with Gasteiger partial charge in [0.15, 0.2) is 10.8 Å². The minimum Gasteiger partial charge on any atom is -0.378 e. The number of ether oxygens (including phenoxy) is 1. The fourth-order valence-corrected chi connectivity index (χ4v) is 2.00. The van der Waals surface area contributed by atoms with Crippen molar-refractivity contribution in [3.8, 4) is 0 Å². The van der Waals surface area contributed by atoms with Crippen molar-refractivity contribution in [2.75, 3.05) is 25.1 Å². The molecular formula is C10H11ClN6O2. The SMILES string of the molecule is O=C(Nc1nc(Cl)c2[nH]cnc2n1)C1COCCN1. The molecule has 3 N–H and O–H groups in total. The lowest BCUT2D eigenvalue weighted by Gasteiger charge is -2.22. The van der Waals surface area contributed by atoms with Crippen molar-refractivity contribution in [2.24, 2.45) is 0 Å². The summed E-state index contributed by atoms with van der Waals surface area (Å²) in [6.07, 6.45) is 1.47. The third kappa shape index (κ3) is 2.50. The third-order valence-corrected chi connectivity index (χ3v) is 2.99. The molecule has 3 heterocycles. The topological polar surface area (TPSA) is 105 Å². The van der Waals surface area contributed by atoms with Crippen LogP contribution in [0.5, 0.6) is 0 Å². The Morgan fingerprint density at radius 3 is 3.21 bits per heavy atom. The average molecular weight is 283 g/mol. The monoisotopic (exact) mass is 282 g/mol. The highest BCUT2D eigenvalue weighted by molar-refractivity contribution is 6.33. The van der Waals surface area contributed by atoms with Crippen LogP contribution in [0, 0.1) is 0 Å². The molecule has 1 amide bonds. The summed E-state index contributed by atoms with van der Waals surface area (Å²) in [4.78, 5) is 26.8. The number of carbonyl (C=O) groups is 1. The van der Waals surface area contributed by atoms with E-state index in [0.29, 0.717) is 30.9 Å².